The Hall–Kier alpha value is -0.820. The SMILES string of the molecule is COc1c(Br)cc(Cl)cc1NC(=O)C1CNCCO1. The number of benzene rings is 1. The van der Waals surface area contributed by atoms with Crippen LogP contribution >= 0.6 is 27.5 Å². The average molecular weight is 350 g/mol. The van der Waals surface area contributed by atoms with Gasteiger partial charge < -0.3 is 20.1 Å². The maximum atomic E-state index is 12.1. The third-order valence-electron chi connectivity index (χ3n) is 2.69. The molecule has 1 aliphatic heterocycles. The zero-order valence-electron chi connectivity index (χ0n) is 10.3. The quantitative estimate of drug-likeness (QED) is 0.877. The minimum absolute atomic E-state index is 0.223. The number of hydrogen-bond donors (Lipinski definition) is 2. The molecule has 104 valence electrons. The molecule has 1 saturated heterocycles. The molecule has 1 fully saturated rings. The van der Waals surface area contributed by atoms with Crippen LogP contribution in [0.4, 0.5) is 5.69 Å². The van der Waals surface area contributed by atoms with Gasteiger partial charge in [-0.1, -0.05) is 11.6 Å². The predicted octanol–water partition coefficient (Wildman–Crippen LogP) is 2.04. The van der Waals surface area contributed by atoms with Crippen LogP contribution < -0.4 is 15.4 Å². The molecule has 1 aromatic rings. The molecular formula is C12H14BrClN2O3. The summed E-state index contributed by atoms with van der Waals surface area (Å²) in [7, 11) is 1.53. The topological polar surface area (TPSA) is 59.6 Å². The van der Waals surface area contributed by atoms with Crippen molar-refractivity contribution < 1.29 is 14.3 Å². The van der Waals surface area contributed by atoms with Gasteiger partial charge in [0.2, 0.25) is 0 Å². The van der Waals surface area contributed by atoms with Gasteiger partial charge in [-0.3, -0.25) is 4.79 Å². The van der Waals surface area contributed by atoms with Crippen molar-refractivity contribution in [1.82, 2.24) is 5.32 Å². The minimum Gasteiger partial charge on any atom is -0.493 e. The Kier molecular flexibility index (Phi) is 5.04. The zero-order valence-corrected chi connectivity index (χ0v) is 12.7. The second-order valence-corrected chi connectivity index (χ2v) is 5.31. The van der Waals surface area contributed by atoms with E-state index in [-0.39, 0.29) is 5.91 Å². The number of morpholine rings is 1. The van der Waals surface area contributed by atoms with E-state index in [0.29, 0.717) is 34.1 Å². The van der Waals surface area contributed by atoms with Crippen molar-refractivity contribution in [2.75, 3.05) is 32.1 Å². The van der Waals surface area contributed by atoms with Gasteiger partial charge >= 0.3 is 0 Å². The number of rotatable bonds is 3. The van der Waals surface area contributed by atoms with Gasteiger partial charge in [-0.25, -0.2) is 0 Å². The highest BCUT2D eigenvalue weighted by molar-refractivity contribution is 9.10. The summed E-state index contributed by atoms with van der Waals surface area (Å²) in [6.45, 7) is 1.78. The van der Waals surface area contributed by atoms with E-state index in [0.717, 1.165) is 6.54 Å². The lowest BCUT2D eigenvalue weighted by molar-refractivity contribution is -0.128. The van der Waals surface area contributed by atoms with E-state index in [9.17, 15) is 4.79 Å². The summed E-state index contributed by atoms with van der Waals surface area (Å²) in [4.78, 5) is 12.1. The van der Waals surface area contributed by atoms with E-state index in [4.69, 9.17) is 21.1 Å². The van der Waals surface area contributed by atoms with E-state index < -0.39 is 6.10 Å². The van der Waals surface area contributed by atoms with Crippen molar-refractivity contribution >= 4 is 39.1 Å². The molecule has 1 aromatic carbocycles. The molecule has 19 heavy (non-hydrogen) atoms. The highest BCUT2D eigenvalue weighted by Gasteiger charge is 2.23. The van der Waals surface area contributed by atoms with E-state index >= 15 is 0 Å². The van der Waals surface area contributed by atoms with Crippen LogP contribution in [0, 0.1) is 0 Å². The van der Waals surface area contributed by atoms with Crippen LogP contribution in [-0.2, 0) is 9.53 Å². The third-order valence-corrected chi connectivity index (χ3v) is 3.50. The first-order valence-electron chi connectivity index (χ1n) is 5.78. The number of ether oxygens (including phenoxy) is 2. The van der Waals surface area contributed by atoms with Crippen molar-refractivity contribution in [3.05, 3.63) is 21.6 Å². The van der Waals surface area contributed by atoms with Gasteiger partial charge in [0.1, 0.15) is 6.10 Å². The molecule has 7 heteroatoms. The van der Waals surface area contributed by atoms with E-state index in [1.165, 1.54) is 7.11 Å². The van der Waals surface area contributed by atoms with Crippen molar-refractivity contribution in [2.24, 2.45) is 0 Å². The van der Waals surface area contributed by atoms with Crippen molar-refractivity contribution in [3.63, 3.8) is 0 Å². The second-order valence-electron chi connectivity index (χ2n) is 4.02. The maximum Gasteiger partial charge on any atom is 0.254 e. The number of hydrogen-bond acceptors (Lipinski definition) is 4. The Morgan fingerprint density at radius 3 is 3.05 bits per heavy atom. The standard InChI is InChI=1S/C12H14BrClN2O3/c1-18-11-8(13)4-7(14)5-9(11)16-12(17)10-6-15-2-3-19-10/h4-5,10,15H,2-3,6H2,1H3,(H,16,17). The lowest BCUT2D eigenvalue weighted by Gasteiger charge is -2.23. The summed E-state index contributed by atoms with van der Waals surface area (Å²) >= 11 is 9.31. The molecule has 1 amide bonds. The highest BCUT2D eigenvalue weighted by atomic mass is 79.9. The number of anilines is 1. The predicted molar refractivity (Wildman–Crippen MR) is 76.9 cm³/mol. The molecule has 0 aliphatic carbocycles. The van der Waals surface area contributed by atoms with Crippen LogP contribution in [0.15, 0.2) is 16.6 Å². The summed E-state index contributed by atoms with van der Waals surface area (Å²) in [5, 5.41) is 6.38. The van der Waals surface area contributed by atoms with Gasteiger partial charge in [-0.05, 0) is 28.1 Å². The lowest BCUT2D eigenvalue weighted by Crippen LogP contribution is -2.45. The van der Waals surface area contributed by atoms with Crippen LogP contribution in [-0.4, -0.2) is 38.8 Å². The third kappa shape index (κ3) is 3.60. The first-order chi connectivity index (χ1) is 9.11. The molecule has 2 N–H and O–H groups in total. The molecule has 1 atom stereocenters. The minimum atomic E-state index is -0.504. The largest absolute Gasteiger partial charge is 0.493 e. The van der Waals surface area contributed by atoms with E-state index in [1.807, 2.05) is 0 Å². The first-order valence-corrected chi connectivity index (χ1v) is 6.95. The Morgan fingerprint density at radius 2 is 2.42 bits per heavy atom. The number of nitrogens with one attached hydrogen (secondary N) is 2. The molecule has 1 aliphatic rings. The number of carbonyl (C=O) groups excluding carboxylic acids is 1. The Morgan fingerprint density at radius 1 is 1.63 bits per heavy atom. The van der Waals surface area contributed by atoms with Crippen LogP contribution in [0.1, 0.15) is 0 Å². The summed E-state index contributed by atoms with van der Waals surface area (Å²) in [5.74, 6) is 0.307. The van der Waals surface area contributed by atoms with Gasteiger partial charge in [0.25, 0.3) is 5.91 Å². The molecule has 0 saturated carbocycles. The Bertz CT molecular complexity index is 478. The van der Waals surface area contributed by atoms with Gasteiger partial charge in [0.05, 0.1) is 23.9 Å². The Labute approximate surface area is 124 Å². The van der Waals surface area contributed by atoms with Gasteiger partial charge in [-0.15, -0.1) is 0 Å². The van der Waals surface area contributed by atoms with Crippen molar-refractivity contribution in [1.29, 1.82) is 0 Å². The van der Waals surface area contributed by atoms with Gasteiger partial charge in [0, 0.05) is 18.1 Å². The fourth-order valence-electron chi connectivity index (χ4n) is 1.81. The smallest absolute Gasteiger partial charge is 0.254 e. The number of halogens is 2. The molecule has 5 nitrogen and oxygen atoms in total. The lowest BCUT2D eigenvalue weighted by atomic mass is 10.2. The van der Waals surface area contributed by atoms with Crippen molar-refractivity contribution in [2.45, 2.75) is 6.10 Å². The first kappa shape index (κ1) is 14.6. The monoisotopic (exact) mass is 348 g/mol. The summed E-state index contributed by atoms with van der Waals surface area (Å²) in [6.07, 6.45) is -0.504. The van der Waals surface area contributed by atoms with Crippen molar-refractivity contribution in [3.8, 4) is 5.75 Å². The molecule has 1 heterocycles. The van der Waals surface area contributed by atoms with Crippen LogP contribution in [0.2, 0.25) is 5.02 Å². The fraction of sp³-hybridized carbons (Fsp3) is 0.417. The normalized spacial score (nSPS) is 19.0. The zero-order chi connectivity index (χ0) is 13.8. The maximum absolute atomic E-state index is 12.1. The molecular weight excluding hydrogens is 336 g/mol. The summed E-state index contributed by atoms with van der Waals surface area (Å²) in [6, 6.07) is 3.34. The van der Waals surface area contributed by atoms with Crippen LogP contribution in [0.3, 0.4) is 0 Å². The molecule has 0 bridgehead atoms. The van der Waals surface area contributed by atoms with E-state index in [2.05, 4.69) is 26.6 Å². The summed E-state index contributed by atoms with van der Waals surface area (Å²) in [5.41, 5.74) is 0.515. The number of methoxy groups -OCH3 is 1. The molecule has 0 radical (unpaired) electrons. The van der Waals surface area contributed by atoms with Crippen LogP contribution in [0.25, 0.3) is 0 Å². The summed E-state index contributed by atoms with van der Waals surface area (Å²) < 4.78 is 11.3. The highest BCUT2D eigenvalue weighted by Crippen LogP contribution is 2.36. The average Bonchev–Trinajstić information content (AvgIpc) is 2.39. The van der Waals surface area contributed by atoms with E-state index in [1.54, 1.807) is 12.1 Å². The Balaban J connectivity index is 2.15. The molecule has 0 aromatic heterocycles. The molecule has 1 unspecified atom stereocenters. The van der Waals surface area contributed by atoms with Crippen LogP contribution in [0.5, 0.6) is 5.75 Å². The molecule has 2 rings (SSSR count). The second kappa shape index (κ2) is 6.56. The van der Waals surface area contributed by atoms with Gasteiger partial charge in [-0.2, -0.15) is 0 Å². The number of carbonyl (C=O) groups is 1. The van der Waals surface area contributed by atoms with Gasteiger partial charge in [0.15, 0.2) is 5.75 Å². The molecule has 0 spiro atoms. The fourth-order valence-corrected chi connectivity index (χ4v) is 2.78. The number of amides is 1.